The van der Waals surface area contributed by atoms with Crippen molar-refractivity contribution in [3.05, 3.63) is 23.2 Å². The minimum atomic E-state index is -0.629. The predicted molar refractivity (Wildman–Crippen MR) is 74.3 cm³/mol. The van der Waals surface area contributed by atoms with E-state index in [4.69, 9.17) is 10.2 Å². The maximum absolute atomic E-state index is 12.0. The van der Waals surface area contributed by atoms with E-state index in [1.54, 1.807) is 6.92 Å². The summed E-state index contributed by atoms with van der Waals surface area (Å²) in [6, 6.07) is 0. The summed E-state index contributed by atoms with van der Waals surface area (Å²) < 4.78 is 5.04. The Balaban J connectivity index is 2.40. The zero-order valence-electron chi connectivity index (χ0n) is 11.8. The number of carbonyl (C=O) groups excluding carboxylic acids is 2. The molecule has 0 saturated carbocycles. The number of hydrogen-bond acceptors (Lipinski definition) is 3. The summed E-state index contributed by atoms with van der Waals surface area (Å²) in [7, 11) is 0. The first-order valence-corrected chi connectivity index (χ1v) is 6.99. The van der Waals surface area contributed by atoms with Crippen molar-refractivity contribution >= 4 is 11.7 Å². The fourth-order valence-electron chi connectivity index (χ4n) is 2.14. The maximum atomic E-state index is 12.0. The molecule has 0 aliphatic heterocycles. The zero-order valence-corrected chi connectivity index (χ0v) is 11.8. The van der Waals surface area contributed by atoms with E-state index < -0.39 is 5.91 Å². The third-order valence-electron chi connectivity index (χ3n) is 3.32. The minimum Gasteiger partial charge on any atom is -0.458 e. The van der Waals surface area contributed by atoms with Gasteiger partial charge in [0.15, 0.2) is 11.5 Å². The lowest BCUT2D eigenvalue weighted by atomic mass is 10.0. The molecule has 4 nitrogen and oxygen atoms in total. The monoisotopic (exact) mass is 265 g/mol. The van der Waals surface area contributed by atoms with Crippen LogP contribution < -0.4 is 5.73 Å². The number of ketones is 1. The smallest absolute Gasteiger partial charge is 0.284 e. The Hall–Kier alpha value is -1.58. The SMILES string of the molecule is CCCCCCCCC(=O)c1coc(C(N)=O)c1C. The Morgan fingerprint density at radius 1 is 1.16 bits per heavy atom. The third-order valence-corrected chi connectivity index (χ3v) is 3.32. The van der Waals surface area contributed by atoms with E-state index in [0.29, 0.717) is 17.5 Å². The van der Waals surface area contributed by atoms with Crippen LogP contribution in [-0.4, -0.2) is 11.7 Å². The van der Waals surface area contributed by atoms with E-state index in [2.05, 4.69) is 6.92 Å². The number of rotatable bonds is 9. The number of hydrogen-bond donors (Lipinski definition) is 1. The number of carbonyl (C=O) groups is 2. The Labute approximate surface area is 114 Å². The zero-order chi connectivity index (χ0) is 14.3. The van der Waals surface area contributed by atoms with Crippen LogP contribution in [0.1, 0.15) is 78.3 Å². The highest BCUT2D eigenvalue weighted by Crippen LogP contribution is 2.19. The van der Waals surface area contributed by atoms with Gasteiger partial charge in [-0.1, -0.05) is 39.0 Å². The lowest BCUT2D eigenvalue weighted by molar-refractivity contribution is 0.0967. The molecule has 4 heteroatoms. The highest BCUT2D eigenvalue weighted by molar-refractivity contribution is 6.01. The molecule has 106 valence electrons. The largest absolute Gasteiger partial charge is 0.458 e. The molecule has 0 fully saturated rings. The average Bonchev–Trinajstić information content (AvgIpc) is 2.75. The number of nitrogens with two attached hydrogens (primary N) is 1. The molecule has 0 aliphatic carbocycles. The van der Waals surface area contributed by atoms with Crippen LogP contribution >= 0.6 is 0 Å². The second-order valence-electron chi connectivity index (χ2n) is 4.91. The van der Waals surface area contributed by atoms with Gasteiger partial charge in [0.2, 0.25) is 0 Å². The summed E-state index contributed by atoms with van der Waals surface area (Å²) in [5.74, 6) is -0.508. The van der Waals surface area contributed by atoms with E-state index in [-0.39, 0.29) is 11.5 Å². The van der Waals surface area contributed by atoms with Crippen LogP contribution in [0.25, 0.3) is 0 Å². The molecule has 0 aromatic carbocycles. The predicted octanol–water partition coefficient (Wildman–Crippen LogP) is 3.62. The topological polar surface area (TPSA) is 73.3 Å². The normalized spacial score (nSPS) is 10.6. The van der Waals surface area contributed by atoms with E-state index in [9.17, 15) is 9.59 Å². The van der Waals surface area contributed by atoms with Crippen molar-refractivity contribution in [2.75, 3.05) is 0 Å². The second kappa shape index (κ2) is 7.77. The molecule has 1 aromatic heterocycles. The quantitative estimate of drug-likeness (QED) is 0.547. The fourth-order valence-corrected chi connectivity index (χ4v) is 2.14. The molecule has 0 saturated heterocycles. The van der Waals surface area contributed by atoms with E-state index >= 15 is 0 Å². The highest BCUT2D eigenvalue weighted by Gasteiger charge is 2.18. The molecule has 0 atom stereocenters. The molecule has 2 N–H and O–H groups in total. The van der Waals surface area contributed by atoms with Crippen molar-refractivity contribution < 1.29 is 14.0 Å². The van der Waals surface area contributed by atoms with Crippen molar-refractivity contribution in [2.45, 2.75) is 58.8 Å². The van der Waals surface area contributed by atoms with Crippen LogP contribution in [0.3, 0.4) is 0 Å². The first-order valence-electron chi connectivity index (χ1n) is 6.99. The number of unbranched alkanes of at least 4 members (excludes halogenated alkanes) is 5. The average molecular weight is 265 g/mol. The molecule has 0 spiro atoms. The lowest BCUT2D eigenvalue weighted by Gasteiger charge is -2.01. The third kappa shape index (κ3) is 4.54. The molecule has 1 aromatic rings. The number of Topliss-reactive ketones (excluding diaryl/α,β-unsaturated/α-hetero) is 1. The van der Waals surface area contributed by atoms with Crippen molar-refractivity contribution in [1.29, 1.82) is 0 Å². The van der Waals surface area contributed by atoms with Gasteiger partial charge in [0, 0.05) is 12.0 Å². The number of primary amides is 1. The number of amides is 1. The lowest BCUT2D eigenvalue weighted by Crippen LogP contribution is -2.11. The molecule has 0 unspecified atom stereocenters. The van der Waals surface area contributed by atoms with Gasteiger partial charge in [0.05, 0.1) is 5.56 Å². The van der Waals surface area contributed by atoms with E-state index in [1.165, 1.54) is 31.9 Å². The van der Waals surface area contributed by atoms with Crippen LogP contribution in [0.4, 0.5) is 0 Å². The Kier molecular flexibility index (Phi) is 6.33. The van der Waals surface area contributed by atoms with Gasteiger partial charge in [-0.3, -0.25) is 9.59 Å². The molecule has 0 aliphatic rings. The first-order chi connectivity index (χ1) is 9.07. The summed E-state index contributed by atoms with van der Waals surface area (Å²) in [4.78, 5) is 23.0. The van der Waals surface area contributed by atoms with Crippen LogP contribution in [0, 0.1) is 6.92 Å². The first kappa shape index (κ1) is 15.5. The van der Waals surface area contributed by atoms with Crippen molar-refractivity contribution in [2.24, 2.45) is 5.73 Å². The summed E-state index contributed by atoms with van der Waals surface area (Å²) in [6.45, 7) is 3.87. The van der Waals surface area contributed by atoms with Gasteiger partial charge >= 0.3 is 0 Å². The van der Waals surface area contributed by atoms with Gasteiger partial charge in [0.25, 0.3) is 5.91 Å². The van der Waals surface area contributed by atoms with Crippen LogP contribution in [0.2, 0.25) is 0 Å². The molecule has 0 radical (unpaired) electrons. The Morgan fingerprint density at radius 2 is 1.79 bits per heavy atom. The highest BCUT2D eigenvalue weighted by atomic mass is 16.3. The van der Waals surface area contributed by atoms with Crippen molar-refractivity contribution in [3.63, 3.8) is 0 Å². The van der Waals surface area contributed by atoms with E-state index in [0.717, 1.165) is 12.8 Å². The van der Waals surface area contributed by atoms with Gasteiger partial charge in [-0.2, -0.15) is 0 Å². The summed E-state index contributed by atoms with van der Waals surface area (Å²) in [6.07, 6.45) is 8.71. The van der Waals surface area contributed by atoms with Gasteiger partial charge < -0.3 is 10.2 Å². The van der Waals surface area contributed by atoms with E-state index in [1.807, 2.05) is 0 Å². The molecule has 1 rings (SSSR count). The molecule has 1 heterocycles. The van der Waals surface area contributed by atoms with Crippen molar-refractivity contribution in [3.8, 4) is 0 Å². The van der Waals surface area contributed by atoms with Gasteiger partial charge in [-0.25, -0.2) is 0 Å². The molecular weight excluding hydrogens is 242 g/mol. The fraction of sp³-hybridized carbons (Fsp3) is 0.600. The van der Waals surface area contributed by atoms with Crippen LogP contribution in [0.5, 0.6) is 0 Å². The van der Waals surface area contributed by atoms with Gasteiger partial charge in [0.1, 0.15) is 6.26 Å². The van der Waals surface area contributed by atoms with Crippen molar-refractivity contribution in [1.82, 2.24) is 0 Å². The summed E-state index contributed by atoms with van der Waals surface area (Å²) >= 11 is 0. The summed E-state index contributed by atoms with van der Waals surface area (Å²) in [5, 5.41) is 0. The van der Waals surface area contributed by atoms with Gasteiger partial charge in [-0.05, 0) is 13.3 Å². The second-order valence-corrected chi connectivity index (χ2v) is 4.91. The molecule has 1 amide bonds. The minimum absolute atomic E-state index is 0.0317. The molecule has 19 heavy (non-hydrogen) atoms. The molecular formula is C15H23NO3. The standard InChI is InChI=1S/C15H23NO3/c1-3-4-5-6-7-8-9-13(17)12-10-19-14(11(12)2)15(16)18/h10H,3-9H2,1-2H3,(H2,16,18). The number of furan rings is 1. The Bertz CT molecular complexity index is 435. The van der Waals surface area contributed by atoms with Crippen LogP contribution in [0.15, 0.2) is 10.7 Å². The molecule has 0 bridgehead atoms. The summed E-state index contributed by atoms with van der Waals surface area (Å²) in [5.41, 5.74) is 6.20. The van der Waals surface area contributed by atoms with Gasteiger partial charge in [-0.15, -0.1) is 0 Å². The maximum Gasteiger partial charge on any atom is 0.284 e. The Morgan fingerprint density at radius 3 is 2.37 bits per heavy atom. The van der Waals surface area contributed by atoms with Crippen LogP contribution in [-0.2, 0) is 0 Å².